The highest BCUT2D eigenvalue weighted by molar-refractivity contribution is 6.43. The first kappa shape index (κ1) is 16.6. The second kappa shape index (κ2) is 7.12. The highest BCUT2D eigenvalue weighted by atomic mass is 35.5. The maximum Gasteiger partial charge on any atom is 0.119 e. The van der Waals surface area contributed by atoms with Crippen molar-refractivity contribution in [3.05, 3.63) is 70.2 Å². The van der Waals surface area contributed by atoms with E-state index in [1.165, 1.54) is 0 Å². The van der Waals surface area contributed by atoms with E-state index < -0.39 is 0 Å². The first-order chi connectivity index (χ1) is 11.6. The van der Waals surface area contributed by atoms with Gasteiger partial charge >= 0.3 is 0 Å². The summed E-state index contributed by atoms with van der Waals surface area (Å²) in [6, 6.07) is 17.6. The van der Waals surface area contributed by atoms with Gasteiger partial charge in [-0.3, -0.25) is 5.43 Å². The zero-order valence-electron chi connectivity index (χ0n) is 13.3. The van der Waals surface area contributed by atoms with Gasteiger partial charge in [0.05, 0.1) is 28.6 Å². The molecule has 0 fully saturated rings. The summed E-state index contributed by atoms with van der Waals surface area (Å²) in [5.41, 5.74) is 5.52. The first-order valence-corrected chi connectivity index (χ1v) is 8.16. The fourth-order valence-corrected chi connectivity index (χ4v) is 2.72. The Kier molecular flexibility index (Phi) is 4.93. The van der Waals surface area contributed by atoms with Gasteiger partial charge < -0.3 is 4.74 Å². The average molecular weight is 359 g/mol. The maximum atomic E-state index is 6.15. The lowest BCUT2D eigenvalue weighted by molar-refractivity contribution is 0.415. The van der Waals surface area contributed by atoms with E-state index in [1.54, 1.807) is 13.2 Å². The molecule has 3 nitrogen and oxygen atoms in total. The minimum Gasteiger partial charge on any atom is -0.497 e. The number of hydrazone groups is 1. The summed E-state index contributed by atoms with van der Waals surface area (Å²) in [6.07, 6.45) is 0. The third-order valence-electron chi connectivity index (χ3n) is 3.76. The Morgan fingerprint density at radius 1 is 1.00 bits per heavy atom. The van der Waals surface area contributed by atoms with Gasteiger partial charge in [-0.05, 0) is 53.6 Å². The number of fused-ring (bicyclic) bond motifs is 1. The molecule has 0 aliphatic carbocycles. The number of ether oxygens (including phenoxy) is 1. The summed E-state index contributed by atoms with van der Waals surface area (Å²) >= 11 is 12.2. The topological polar surface area (TPSA) is 33.6 Å². The van der Waals surface area contributed by atoms with Gasteiger partial charge in [0.15, 0.2) is 0 Å². The molecule has 122 valence electrons. The van der Waals surface area contributed by atoms with E-state index in [-0.39, 0.29) is 0 Å². The Bertz CT molecular complexity index is 922. The summed E-state index contributed by atoms with van der Waals surface area (Å²) in [5, 5.41) is 7.61. The van der Waals surface area contributed by atoms with Gasteiger partial charge in [0.2, 0.25) is 0 Å². The zero-order chi connectivity index (χ0) is 17.1. The van der Waals surface area contributed by atoms with Crippen molar-refractivity contribution in [3.8, 4) is 5.75 Å². The molecule has 0 amide bonds. The minimum absolute atomic E-state index is 0.460. The van der Waals surface area contributed by atoms with E-state index in [0.717, 1.165) is 27.8 Å². The molecule has 0 bridgehead atoms. The second-order valence-corrected chi connectivity index (χ2v) is 6.12. The van der Waals surface area contributed by atoms with Gasteiger partial charge in [-0.15, -0.1) is 0 Å². The number of rotatable bonds is 4. The van der Waals surface area contributed by atoms with Crippen LogP contribution in [0.4, 0.5) is 5.69 Å². The van der Waals surface area contributed by atoms with Crippen LogP contribution in [0.25, 0.3) is 10.8 Å². The molecule has 3 rings (SSSR count). The number of halogens is 2. The van der Waals surface area contributed by atoms with E-state index in [1.807, 2.05) is 43.3 Å². The number of hydrogen-bond donors (Lipinski definition) is 1. The fourth-order valence-electron chi connectivity index (χ4n) is 2.37. The molecule has 0 unspecified atom stereocenters. The lowest BCUT2D eigenvalue weighted by Gasteiger charge is -2.08. The molecule has 5 heteroatoms. The summed E-state index contributed by atoms with van der Waals surface area (Å²) in [6.45, 7) is 1.94. The van der Waals surface area contributed by atoms with Crippen LogP contribution in [0.2, 0.25) is 10.0 Å². The van der Waals surface area contributed by atoms with Crippen LogP contribution in [-0.4, -0.2) is 12.8 Å². The van der Waals surface area contributed by atoms with Gasteiger partial charge in [-0.1, -0.05) is 47.5 Å². The third-order valence-corrected chi connectivity index (χ3v) is 4.58. The van der Waals surface area contributed by atoms with Gasteiger partial charge in [-0.25, -0.2) is 0 Å². The van der Waals surface area contributed by atoms with Crippen molar-refractivity contribution in [1.29, 1.82) is 0 Å². The molecule has 0 saturated heterocycles. The Morgan fingerprint density at radius 3 is 2.54 bits per heavy atom. The second-order valence-electron chi connectivity index (χ2n) is 5.34. The number of nitrogens with one attached hydrogen (secondary N) is 1. The molecule has 3 aromatic rings. The highest BCUT2D eigenvalue weighted by Crippen LogP contribution is 2.29. The third kappa shape index (κ3) is 3.48. The molecule has 0 radical (unpaired) electrons. The quantitative estimate of drug-likeness (QED) is 0.458. The van der Waals surface area contributed by atoms with Crippen LogP contribution >= 0.6 is 23.2 Å². The average Bonchev–Trinajstić information content (AvgIpc) is 2.61. The normalized spacial score (nSPS) is 11.6. The van der Waals surface area contributed by atoms with E-state index in [4.69, 9.17) is 27.9 Å². The van der Waals surface area contributed by atoms with Crippen LogP contribution in [0.3, 0.4) is 0 Å². The smallest absolute Gasteiger partial charge is 0.119 e. The van der Waals surface area contributed by atoms with Gasteiger partial charge in [0, 0.05) is 0 Å². The van der Waals surface area contributed by atoms with E-state index in [9.17, 15) is 0 Å². The van der Waals surface area contributed by atoms with Crippen molar-refractivity contribution in [2.24, 2.45) is 5.10 Å². The summed E-state index contributed by atoms with van der Waals surface area (Å²) in [4.78, 5) is 0. The Hall–Kier alpha value is -2.23. The molecule has 24 heavy (non-hydrogen) atoms. The molecule has 0 atom stereocenters. The van der Waals surface area contributed by atoms with Crippen molar-refractivity contribution >= 4 is 45.4 Å². The zero-order valence-corrected chi connectivity index (χ0v) is 14.8. The molecule has 0 aliphatic rings. The number of benzene rings is 3. The van der Waals surface area contributed by atoms with Crippen LogP contribution in [0, 0.1) is 0 Å². The molecular weight excluding hydrogens is 343 g/mol. The molecule has 0 heterocycles. The predicted octanol–water partition coefficient (Wildman–Crippen LogP) is 5.99. The van der Waals surface area contributed by atoms with Crippen LogP contribution in [0.1, 0.15) is 12.5 Å². The van der Waals surface area contributed by atoms with Crippen molar-refractivity contribution in [2.45, 2.75) is 6.92 Å². The molecule has 0 spiro atoms. The van der Waals surface area contributed by atoms with E-state index >= 15 is 0 Å². The number of hydrogen-bond acceptors (Lipinski definition) is 3. The first-order valence-electron chi connectivity index (χ1n) is 7.41. The van der Waals surface area contributed by atoms with Gasteiger partial charge in [0.25, 0.3) is 0 Å². The van der Waals surface area contributed by atoms with Crippen molar-refractivity contribution in [2.75, 3.05) is 12.5 Å². The lowest BCUT2D eigenvalue weighted by Crippen LogP contribution is -2.00. The Morgan fingerprint density at radius 2 is 1.75 bits per heavy atom. The summed E-state index contributed by atoms with van der Waals surface area (Å²) in [5.74, 6) is 0.845. The highest BCUT2D eigenvalue weighted by Gasteiger charge is 2.05. The number of nitrogens with zero attached hydrogens (tertiary/aromatic N) is 1. The minimum atomic E-state index is 0.460. The molecule has 3 aromatic carbocycles. The number of anilines is 1. The van der Waals surface area contributed by atoms with Crippen LogP contribution in [0.5, 0.6) is 5.75 Å². The Labute approximate surface area is 150 Å². The lowest BCUT2D eigenvalue weighted by atomic mass is 10.0. The summed E-state index contributed by atoms with van der Waals surface area (Å²) in [7, 11) is 1.67. The van der Waals surface area contributed by atoms with E-state index in [0.29, 0.717) is 15.7 Å². The van der Waals surface area contributed by atoms with Crippen molar-refractivity contribution in [1.82, 2.24) is 0 Å². The van der Waals surface area contributed by atoms with Crippen LogP contribution < -0.4 is 10.2 Å². The largest absolute Gasteiger partial charge is 0.497 e. The summed E-state index contributed by atoms with van der Waals surface area (Å²) < 4.78 is 5.25. The standard InChI is InChI=1S/C19H16Cl2N2O/c1-12(22-23-18-5-3-4-17(20)19(18)21)13-6-7-15-11-16(24-2)9-8-14(15)10-13/h3-11,23H,1-2H3/b22-12-. The fraction of sp³-hybridized carbons (Fsp3) is 0.105. The van der Waals surface area contributed by atoms with Crippen molar-refractivity contribution < 1.29 is 4.74 Å². The van der Waals surface area contributed by atoms with E-state index in [2.05, 4.69) is 22.7 Å². The molecule has 1 N–H and O–H groups in total. The van der Waals surface area contributed by atoms with Crippen molar-refractivity contribution in [3.63, 3.8) is 0 Å². The Balaban J connectivity index is 1.87. The number of methoxy groups -OCH3 is 1. The molecule has 0 saturated carbocycles. The van der Waals surface area contributed by atoms with Crippen LogP contribution in [0.15, 0.2) is 59.7 Å². The van der Waals surface area contributed by atoms with Crippen LogP contribution in [-0.2, 0) is 0 Å². The maximum absolute atomic E-state index is 6.15. The SMILES string of the molecule is COc1ccc2cc(/C(C)=N\Nc3cccc(Cl)c3Cl)ccc2c1. The molecular formula is C19H16Cl2N2O. The molecule has 0 aliphatic heterocycles. The van der Waals surface area contributed by atoms with Gasteiger partial charge in [-0.2, -0.15) is 5.10 Å². The predicted molar refractivity (Wildman–Crippen MR) is 103 cm³/mol. The monoisotopic (exact) mass is 358 g/mol. The van der Waals surface area contributed by atoms with Gasteiger partial charge in [0.1, 0.15) is 5.75 Å². The molecule has 0 aromatic heterocycles.